The molecule has 0 fully saturated rings. The van der Waals surface area contributed by atoms with Crippen molar-refractivity contribution in [1.29, 1.82) is 0 Å². The number of aromatic carboxylic acids is 2. The van der Waals surface area contributed by atoms with Gasteiger partial charge in [-0.1, -0.05) is 0 Å². The van der Waals surface area contributed by atoms with Gasteiger partial charge in [0.1, 0.15) is 0 Å². The second-order valence-electron chi connectivity index (χ2n) is 8.51. The number of rotatable bonds is 6. The van der Waals surface area contributed by atoms with Gasteiger partial charge in [0.2, 0.25) is 0 Å². The Morgan fingerprint density at radius 3 is 0.974 bits per heavy atom. The molecular formula is C28H22O10. The molecule has 0 bridgehead atoms. The Kier molecular flexibility index (Phi) is 7.86. The second kappa shape index (κ2) is 10.9. The van der Waals surface area contributed by atoms with E-state index in [9.17, 15) is 28.8 Å². The van der Waals surface area contributed by atoms with Crippen molar-refractivity contribution in [2.75, 3.05) is 0 Å². The molecule has 10 nitrogen and oxygen atoms in total. The largest absolute Gasteiger partial charge is 0.478 e. The molecule has 10 heteroatoms. The van der Waals surface area contributed by atoms with E-state index in [0.29, 0.717) is 22.3 Å². The Hall–Kier alpha value is -5.12. The minimum absolute atomic E-state index is 0.00794. The van der Waals surface area contributed by atoms with Crippen LogP contribution in [0.25, 0.3) is 0 Å². The molecular weight excluding hydrogens is 496 g/mol. The smallest absolute Gasteiger partial charge is 0.346 e. The molecule has 0 aliphatic heterocycles. The van der Waals surface area contributed by atoms with E-state index in [1.165, 1.54) is 76.2 Å². The summed E-state index contributed by atoms with van der Waals surface area (Å²) >= 11 is 0. The predicted octanol–water partition coefficient (Wildman–Crippen LogP) is 4.31. The summed E-state index contributed by atoms with van der Waals surface area (Å²) in [6.07, 6.45) is 0. The van der Waals surface area contributed by atoms with Gasteiger partial charge in [0.05, 0.1) is 33.4 Å². The lowest BCUT2D eigenvalue weighted by atomic mass is 9.99. The number of benzene rings is 3. The molecule has 0 spiro atoms. The third-order valence-corrected chi connectivity index (χ3v) is 5.69. The fraction of sp³-hybridized carbons (Fsp3) is 0.143. The van der Waals surface area contributed by atoms with Crippen LogP contribution in [0, 0.1) is 27.7 Å². The van der Waals surface area contributed by atoms with Crippen molar-refractivity contribution in [1.82, 2.24) is 0 Å². The number of hydrogen-bond donors (Lipinski definition) is 2. The summed E-state index contributed by atoms with van der Waals surface area (Å²) < 4.78 is 9.85. The molecule has 0 heterocycles. The first-order chi connectivity index (χ1) is 17.8. The van der Waals surface area contributed by atoms with Crippen LogP contribution in [0.5, 0.6) is 0 Å². The van der Waals surface area contributed by atoms with Gasteiger partial charge in [-0.05, 0) is 98.5 Å². The van der Waals surface area contributed by atoms with Crippen molar-refractivity contribution >= 4 is 35.8 Å². The van der Waals surface area contributed by atoms with Crippen LogP contribution in [0.4, 0.5) is 0 Å². The van der Waals surface area contributed by atoms with E-state index in [-0.39, 0.29) is 33.4 Å². The molecule has 0 atom stereocenters. The molecule has 0 radical (unpaired) electrons. The van der Waals surface area contributed by atoms with Crippen molar-refractivity contribution in [2.45, 2.75) is 27.7 Å². The van der Waals surface area contributed by atoms with Gasteiger partial charge in [0.15, 0.2) is 0 Å². The highest BCUT2D eigenvalue weighted by molar-refractivity contribution is 6.06. The van der Waals surface area contributed by atoms with E-state index in [0.717, 1.165) is 0 Å². The molecule has 0 aliphatic rings. The number of esters is 4. The van der Waals surface area contributed by atoms with Crippen LogP contribution in [0.1, 0.15) is 84.4 Å². The maximum absolute atomic E-state index is 12.6. The minimum atomic E-state index is -1.16. The molecule has 0 amide bonds. The van der Waals surface area contributed by atoms with Crippen molar-refractivity contribution in [3.8, 4) is 0 Å². The summed E-state index contributed by atoms with van der Waals surface area (Å²) in [5.41, 5.74) is 1.28. The Balaban J connectivity index is 1.71. The van der Waals surface area contributed by atoms with Crippen LogP contribution in [0.2, 0.25) is 0 Å². The number of hydrogen-bond acceptors (Lipinski definition) is 8. The highest BCUT2D eigenvalue weighted by Crippen LogP contribution is 2.21. The van der Waals surface area contributed by atoms with Gasteiger partial charge in [-0.2, -0.15) is 0 Å². The van der Waals surface area contributed by atoms with Crippen LogP contribution >= 0.6 is 0 Å². The molecule has 3 aromatic rings. The molecule has 0 unspecified atom stereocenters. The molecule has 0 saturated carbocycles. The standard InChI is InChI=1S/C28H22O10/c1-13-9-19(23(29)30)10-14(2)21(13)27(35)37-25(33)17-5-7-18(8-6-17)26(34)38-28(36)22-15(3)11-20(24(31)32)12-16(22)4/h5-12H,1-4H3,(H,29,30)(H,31,32). The lowest BCUT2D eigenvalue weighted by Crippen LogP contribution is -2.17. The van der Waals surface area contributed by atoms with Crippen molar-refractivity contribution < 1.29 is 48.5 Å². The molecule has 0 aromatic heterocycles. The van der Waals surface area contributed by atoms with Crippen molar-refractivity contribution in [3.63, 3.8) is 0 Å². The summed E-state index contributed by atoms with van der Waals surface area (Å²) in [6.45, 7) is 6.08. The molecule has 194 valence electrons. The number of carboxylic acid groups (broad SMARTS) is 2. The van der Waals surface area contributed by atoms with Crippen LogP contribution in [-0.4, -0.2) is 46.0 Å². The molecule has 38 heavy (non-hydrogen) atoms. The third-order valence-electron chi connectivity index (χ3n) is 5.69. The highest BCUT2D eigenvalue weighted by atomic mass is 16.6. The van der Waals surface area contributed by atoms with Gasteiger partial charge in [-0.15, -0.1) is 0 Å². The fourth-order valence-electron chi connectivity index (χ4n) is 3.95. The van der Waals surface area contributed by atoms with Gasteiger partial charge >= 0.3 is 35.8 Å². The Morgan fingerprint density at radius 2 is 0.737 bits per heavy atom. The summed E-state index contributed by atoms with van der Waals surface area (Å²) in [5, 5.41) is 18.3. The quantitative estimate of drug-likeness (QED) is 0.355. The molecule has 3 aromatic carbocycles. The lowest BCUT2D eigenvalue weighted by molar-refractivity contribution is 0.0375. The van der Waals surface area contributed by atoms with Gasteiger partial charge in [-0.25, -0.2) is 28.8 Å². The van der Waals surface area contributed by atoms with Gasteiger partial charge < -0.3 is 19.7 Å². The van der Waals surface area contributed by atoms with Gasteiger partial charge in [-0.3, -0.25) is 0 Å². The first kappa shape index (κ1) is 27.5. The number of ether oxygens (including phenoxy) is 2. The maximum atomic E-state index is 12.6. The highest BCUT2D eigenvalue weighted by Gasteiger charge is 2.23. The SMILES string of the molecule is Cc1cc(C(=O)O)cc(C)c1C(=O)OC(=O)c1ccc(C(=O)OC(=O)c2c(C)cc(C(=O)O)cc2C)cc1. The predicted molar refractivity (Wildman–Crippen MR) is 132 cm³/mol. The molecule has 2 N–H and O–H groups in total. The number of carbonyl (C=O) groups excluding carboxylic acids is 4. The van der Waals surface area contributed by atoms with E-state index in [1.807, 2.05) is 0 Å². The first-order valence-corrected chi connectivity index (χ1v) is 11.1. The number of aryl methyl sites for hydroxylation is 4. The van der Waals surface area contributed by atoms with E-state index >= 15 is 0 Å². The van der Waals surface area contributed by atoms with Crippen molar-refractivity contribution in [3.05, 3.63) is 104 Å². The molecule has 3 rings (SSSR count). The lowest BCUT2D eigenvalue weighted by Gasteiger charge is -2.11. The van der Waals surface area contributed by atoms with Crippen LogP contribution in [0.3, 0.4) is 0 Å². The fourth-order valence-corrected chi connectivity index (χ4v) is 3.95. The van der Waals surface area contributed by atoms with Gasteiger partial charge in [0, 0.05) is 0 Å². The van der Waals surface area contributed by atoms with Crippen LogP contribution in [0.15, 0.2) is 48.5 Å². The number of carboxylic acids is 2. The van der Waals surface area contributed by atoms with Crippen LogP contribution < -0.4 is 0 Å². The van der Waals surface area contributed by atoms with Crippen LogP contribution in [-0.2, 0) is 9.47 Å². The van der Waals surface area contributed by atoms with E-state index in [1.54, 1.807) is 0 Å². The average molecular weight is 518 g/mol. The summed E-state index contributed by atoms with van der Waals surface area (Å²) in [4.78, 5) is 72.4. The zero-order valence-electron chi connectivity index (χ0n) is 20.8. The minimum Gasteiger partial charge on any atom is -0.478 e. The maximum Gasteiger partial charge on any atom is 0.346 e. The molecule has 0 aliphatic carbocycles. The molecule has 0 saturated heterocycles. The normalized spacial score (nSPS) is 10.4. The van der Waals surface area contributed by atoms with Crippen molar-refractivity contribution in [2.24, 2.45) is 0 Å². The zero-order valence-corrected chi connectivity index (χ0v) is 20.8. The Bertz CT molecular complexity index is 1350. The van der Waals surface area contributed by atoms with E-state index < -0.39 is 35.8 Å². The summed E-state index contributed by atoms with van der Waals surface area (Å²) in [5.74, 6) is -6.25. The second-order valence-corrected chi connectivity index (χ2v) is 8.51. The average Bonchev–Trinajstić information content (AvgIpc) is 2.82. The Morgan fingerprint density at radius 1 is 0.474 bits per heavy atom. The Labute approximate surface area is 216 Å². The monoisotopic (exact) mass is 518 g/mol. The summed E-state index contributed by atoms with van der Waals surface area (Å²) in [6, 6.07) is 10.0. The van der Waals surface area contributed by atoms with Gasteiger partial charge in [0.25, 0.3) is 0 Å². The zero-order chi connectivity index (χ0) is 28.3. The van der Waals surface area contributed by atoms with E-state index in [2.05, 4.69) is 0 Å². The summed E-state index contributed by atoms with van der Waals surface area (Å²) in [7, 11) is 0. The third kappa shape index (κ3) is 5.81. The first-order valence-electron chi connectivity index (χ1n) is 11.1. The number of carbonyl (C=O) groups is 6. The topological polar surface area (TPSA) is 161 Å². The van der Waals surface area contributed by atoms with E-state index in [4.69, 9.17) is 19.7 Å².